The zero-order chi connectivity index (χ0) is 19.6. The molecule has 0 aliphatic rings. The molecule has 0 unspecified atom stereocenters. The van der Waals surface area contributed by atoms with Crippen molar-refractivity contribution in [2.45, 2.75) is 12.7 Å². The molecule has 0 fully saturated rings. The number of thiazole rings is 1. The number of rotatable bonds is 4. The fourth-order valence-corrected chi connectivity index (χ4v) is 3.32. The first-order valence-corrected chi connectivity index (χ1v) is 8.42. The van der Waals surface area contributed by atoms with Gasteiger partial charge in [0.25, 0.3) is 5.91 Å². The maximum atomic E-state index is 13.3. The van der Waals surface area contributed by atoms with E-state index in [1.807, 2.05) is 0 Å². The fourth-order valence-electron chi connectivity index (χ4n) is 2.32. The SMILES string of the molecule is O=C(NCc1cccc(F)c1)c1sc(-c2cccc(F)c2)nc1C(F)(F)F. The Morgan fingerprint density at radius 1 is 1.04 bits per heavy atom. The summed E-state index contributed by atoms with van der Waals surface area (Å²) in [5, 5.41) is 2.19. The molecule has 9 heteroatoms. The summed E-state index contributed by atoms with van der Waals surface area (Å²) < 4.78 is 66.3. The Balaban J connectivity index is 1.90. The number of carbonyl (C=O) groups is 1. The van der Waals surface area contributed by atoms with Crippen LogP contribution in [0.25, 0.3) is 10.6 Å². The molecule has 0 atom stereocenters. The van der Waals surface area contributed by atoms with Crippen LogP contribution >= 0.6 is 11.3 Å². The van der Waals surface area contributed by atoms with E-state index in [9.17, 15) is 26.7 Å². The van der Waals surface area contributed by atoms with Gasteiger partial charge in [0, 0.05) is 12.1 Å². The number of carbonyl (C=O) groups excluding carboxylic acids is 1. The highest BCUT2D eigenvalue weighted by atomic mass is 32.1. The molecule has 1 amide bonds. The van der Waals surface area contributed by atoms with Crippen LogP contribution in [0.5, 0.6) is 0 Å². The van der Waals surface area contributed by atoms with E-state index in [2.05, 4.69) is 10.3 Å². The van der Waals surface area contributed by atoms with Crippen LogP contribution in [0.1, 0.15) is 20.9 Å². The Hall–Kier alpha value is -2.81. The minimum Gasteiger partial charge on any atom is -0.347 e. The Morgan fingerprint density at radius 2 is 1.70 bits per heavy atom. The third kappa shape index (κ3) is 4.48. The first kappa shape index (κ1) is 19.0. The molecule has 3 rings (SSSR count). The molecule has 0 aliphatic carbocycles. The molecule has 140 valence electrons. The van der Waals surface area contributed by atoms with E-state index in [1.54, 1.807) is 0 Å². The highest BCUT2D eigenvalue weighted by Gasteiger charge is 2.39. The number of aromatic nitrogens is 1. The van der Waals surface area contributed by atoms with Gasteiger partial charge in [-0.05, 0) is 29.8 Å². The quantitative estimate of drug-likeness (QED) is 0.626. The van der Waals surface area contributed by atoms with Gasteiger partial charge in [-0.15, -0.1) is 11.3 Å². The van der Waals surface area contributed by atoms with Crippen molar-refractivity contribution < 1.29 is 26.7 Å². The minimum atomic E-state index is -4.85. The Labute approximate surface area is 154 Å². The van der Waals surface area contributed by atoms with E-state index in [1.165, 1.54) is 30.3 Å². The first-order valence-electron chi connectivity index (χ1n) is 7.60. The average Bonchev–Trinajstić information content (AvgIpc) is 3.06. The monoisotopic (exact) mass is 398 g/mol. The Kier molecular flexibility index (Phi) is 5.22. The van der Waals surface area contributed by atoms with Crippen molar-refractivity contribution in [3.63, 3.8) is 0 Å². The summed E-state index contributed by atoms with van der Waals surface area (Å²) >= 11 is 0.511. The molecule has 3 aromatic rings. The number of nitrogens with zero attached hydrogens (tertiary/aromatic N) is 1. The van der Waals surface area contributed by atoms with Gasteiger partial charge < -0.3 is 5.32 Å². The number of hydrogen-bond donors (Lipinski definition) is 1. The summed E-state index contributed by atoms with van der Waals surface area (Å²) in [5.41, 5.74) is -0.815. The average molecular weight is 398 g/mol. The second-order valence-corrected chi connectivity index (χ2v) is 6.52. The maximum Gasteiger partial charge on any atom is 0.435 e. The van der Waals surface area contributed by atoms with E-state index in [0.29, 0.717) is 16.9 Å². The van der Waals surface area contributed by atoms with Gasteiger partial charge in [-0.25, -0.2) is 13.8 Å². The van der Waals surface area contributed by atoms with Crippen molar-refractivity contribution in [1.29, 1.82) is 0 Å². The summed E-state index contributed by atoms with van der Waals surface area (Å²) in [6.07, 6.45) is -4.85. The van der Waals surface area contributed by atoms with Crippen LogP contribution in [-0.4, -0.2) is 10.9 Å². The van der Waals surface area contributed by atoms with Crippen molar-refractivity contribution >= 4 is 17.2 Å². The summed E-state index contributed by atoms with van der Waals surface area (Å²) in [5.74, 6) is -2.15. The second kappa shape index (κ2) is 7.43. The van der Waals surface area contributed by atoms with Gasteiger partial charge in [0.15, 0.2) is 5.69 Å². The van der Waals surface area contributed by atoms with Crippen LogP contribution < -0.4 is 5.32 Å². The lowest BCUT2D eigenvalue weighted by Crippen LogP contribution is -2.24. The molecule has 0 spiro atoms. The van der Waals surface area contributed by atoms with Crippen LogP contribution in [0.3, 0.4) is 0 Å². The Morgan fingerprint density at radius 3 is 2.33 bits per heavy atom. The van der Waals surface area contributed by atoms with Crippen molar-refractivity contribution in [1.82, 2.24) is 10.3 Å². The van der Waals surface area contributed by atoms with E-state index in [-0.39, 0.29) is 17.1 Å². The summed E-state index contributed by atoms with van der Waals surface area (Å²) in [6, 6.07) is 10.2. The normalized spacial score (nSPS) is 11.4. The fraction of sp³-hybridized carbons (Fsp3) is 0.111. The molecule has 3 nitrogen and oxygen atoms in total. The largest absolute Gasteiger partial charge is 0.435 e. The van der Waals surface area contributed by atoms with Crippen LogP contribution in [0, 0.1) is 11.6 Å². The van der Waals surface area contributed by atoms with Crippen LogP contribution in [0.15, 0.2) is 48.5 Å². The highest BCUT2D eigenvalue weighted by molar-refractivity contribution is 7.17. The molecular formula is C18H11F5N2OS. The molecule has 0 saturated carbocycles. The molecule has 0 saturated heterocycles. The van der Waals surface area contributed by atoms with E-state index >= 15 is 0 Å². The smallest absolute Gasteiger partial charge is 0.347 e. The van der Waals surface area contributed by atoms with Crippen molar-refractivity contribution in [2.24, 2.45) is 0 Å². The highest BCUT2D eigenvalue weighted by Crippen LogP contribution is 2.37. The molecule has 0 bridgehead atoms. The number of alkyl halides is 3. The lowest BCUT2D eigenvalue weighted by molar-refractivity contribution is -0.141. The number of amides is 1. The third-order valence-electron chi connectivity index (χ3n) is 3.52. The van der Waals surface area contributed by atoms with Crippen LogP contribution in [-0.2, 0) is 12.7 Å². The van der Waals surface area contributed by atoms with Gasteiger partial charge in [-0.3, -0.25) is 4.79 Å². The van der Waals surface area contributed by atoms with Crippen LogP contribution in [0.4, 0.5) is 22.0 Å². The number of halogens is 5. The summed E-state index contributed by atoms with van der Waals surface area (Å²) in [6.45, 7) is -0.152. The standard InChI is InChI=1S/C18H11F5N2OS/c19-12-5-1-3-10(7-12)9-24-16(26)14-15(18(21,22)23)25-17(27-14)11-4-2-6-13(20)8-11/h1-8H,9H2,(H,24,26). The predicted octanol–water partition coefficient (Wildman–Crippen LogP) is 5.04. The molecule has 1 aromatic heterocycles. The maximum absolute atomic E-state index is 13.3. The van der Waals surface area contributed by atoms with Gasteiger partial charge in [0.2, 0.25) is 0 Å². The van der Waals surface area contributed by atoms with Gasteiger partial charge in [0.05, 0.1) is 0 Å². The minimum absolute atomic E-state index is 0.127. The summed E-state index contributed by atoms with van der Waals surface area (Å²) in [7, 11) is 0. The van der Waals surface area contributed by atoms with Crippen LogP contribution in [0.2, 0.25) is 0 Å². The lowest BCUT2D eigenvalue weighted by Gasteiger charge is -2.07. The molecule has 0 aliphatic heterocycles. The van der Waals surface area contributed by atoms with E-state index < -0.39 is 34.3 Å². The molecule has 0 radical (unpaired) electrons. The first-order chi connectivity index (χ1) is 12.7. The second-order valence-electron chi connectivity index (χ2n) is 5.52. The van der Waals surface area contributed by atoms with Crippen molar-refractivity contribution in [3.05, 3.63) is 76.3 Å². The molecular weight excluding hydrogens is 387 g/mol. The molecule has 2 aromatic carbocycles. The van der Waals surface area contributed by atoms with Gasteiger partial charge in [-0.1, -0.05) is 24.3 Å². The molecule has 27 heavy (non-hydrogen) atoms. The lowest BCUT2D eigenvalue weighted by atomic mass is 10.2. The zero-order valence-corrected chi connectivity index (χ0v) is 14.3. The van der Waals surface area contributed by atoms with E-state index in [4.69, 9.17) is 0 Å². The summed E-state index contributed by atoms with van der Waals surface area (Å²) in [4.78, 5) is 15.1. The number of benzene rings is 2. The van der Waals surface area contributed by atoms with Crippen molar-refractivity contribution in [2.75, 3.05) is 0 Å². The topological polar surface area (TPSA) is 42.0 Å². The Bertz CT molecular complexity index is 984. The van der Waals surface area contributed by atoms with Crippen molar-refractivity contribution in [3.8, 4) is 10.6 Å². The van der Waals surface area contributed by atoms with Gasteiger partial charge in [-0.2, -0.15) is 13.2 Å². The number of nitrogens with one attached hydrogen (secondary N) is 1. The third-order valence-corrected chi connectivity index (χ3v) is 4.62. The predicted molar refractivity (Wildman–Crippen MR) is 90.1 cm³/mol. The van der Waals surface area contributed by atoms with Gasteiger partial charge >= 0.3 is 6.18 Å². The molecule has 1 heterocycles. The number of hydrogen-bond acceptors (Lipinski definition) is 3. The van der Waals surface area contributed by atoms with E-state index in [0.717, 1.165) is 18.2 Å². The zero-order valence-electron chi connectivity index (χ0n) is 13.5. The van der Waals surface area contributed by atoms with Gasteiger partial charge in [0.1, 0.15) is 21.5 Å². The molecule has 1 N–H and O–H groups in total.